The highest BCUT2D eigenvalue weighted by atomic mass is 127. The van der Waals surface area contributed by atoms with Crippen LogP contribution in [0.25, 0.3) is 0 Å². The van der Waals surface area contributed by atoms with Crippen LogP contribution in [0.4, 0.5) is 10.1 Å². The summed E-state index contributed by atoms with van der Waals surface area (Å²) in [5.41, 5.74) is 1.00. The maximum Gasteiger partial charge on any atom is 0.224 e. The SMILES string of the molecule is CCCNC(=NC)NCCC(=O)N1CCN(c2ccc(F)cc2)CC1.I. The van der Waals surface area contributed by atoms with Crippen LogP contribution >= 0.6 is 24.0 Å². The standard InChI is InChI=1S/C18H28FN5O.HI/c1-3-9-21-18(20-2)22-10-8-17(25)24-13-11-23(12-14-24)16-6-4-15(19)5-7-16;/h4-7H,3,8-14H2,1-2H3,(H2,20,21,22);1H. The summed E-state index contributed by atoms with van der Waals surface area (Å²) in [5.74, 6) is 0.654. The van der Waals surface area contributed by atoms with Gasteiger partial charge in [0.1, 0.15) is 5.82 Å². The molecular weight excluding hydrogens is 448 g/mol. The van der Waals surface area contributed by atoms with Gasteiger partial charge in [-0.3, -0.25) is 9.79 Å². The van der Waals surface area contributed by atoms with Crippen molar-refractivity contribution in [1.29, 1.82) is 0 Å². The van der Waals surface area contributed by atoms with Gasteiger partial charge in [-0.1, -0.05) is 6.92 Å². The second kappa shape index (κ2) is 11.9. The minimum atomic E-state index is -0.228. The van der Waals surface area contributed by atoms with Gasteiger partial charge >= 0.3 is 0 Å². The molecule has 1 aliphatic rings. The van der Waals surface area contributed by atoms with Gasteiger partial charge in [0.15, 0.2) is 5.96 Å². The molecule has 0 aliphatic carbocycles. The van der Waals surface area contributed by atoms with Gasteiger partial charge in [0.25, 0.3) is 0 Å². The number of amides is 1. The largest absolute Gasteiger partial charge is 0.368 e. The summed E-state index contributed by atoms with van der Waals surface area (Å²) in [5, 5.41) is 6.34. The molecular formula is C18H29FIN5O. The van der Waals surface area contributed by atoms with Crippen LogP contribution in [0.15, 0.2) is 29.3 Å². The third kappa shape index (κ3) is 6.97. The third-order valence-electron chi connectivity index (χ3n) is 4.22. The van der Waals surface area contributed by atoms with E-state index in [1.165, 1.54) is 12.1 Å². The number of anilines is 1. The lowest BCUT2D eigenvalue weighted by Crippen LogP contribution is -2.49. The predicted molar refractivity (Wildman–Crippen MR) is 115 cm³/mol. The second-order valence-corrected chi connectivity index (χ2v) is 6.02. The van der Waals surface area contributed by atoms with Gasteiger partial charge in [0.05, 0.1) is 0 Å². The zero-order chi connectivity index (χ0) is 18.1. The summed E-state index contributed by atoms with van der Waals surface area (Å²) in [6, 6.07) is 6.51. The first-order valence-electron chi connectivity index (χ1n) is 8.87. The number of aliphatic imine (C=N–C) groups is 1. The number of nitrogens with zero attached hydrogens (tertiary/aromatic N) is 3. The molecule has 26 heavy (non-hydrogen) atoms. The number of nitrogens with one attached hydrogen (secondary N) is 2. The zero-order valence-electron chi connectivity index (χ0n) is 15.5. The van der Waals surface area contributed by atoms with Crippen molar-refractivity contribution in [1.82, 2.24) is 15.5 Å². The molecule has 0 spiro atoms. The van der Waals surface area contributed by atoms with E-state index in [0.29, 0.717) is 26.1 Å². The molecule has 0 radical (unpaired) electrons. The molecule has 2 rings (SSSR count). The Hall–Kier alpha value is -1.58. The molecule has 1 saturated heterocycles. The minimum Gasteiger partial charge on any atom is -0.368 e. The number of carbonyl (C=O) groups excluding carboxylic acids is 1. The molecule has 2 N–H and O–H groups in total. The van der Waals surface area contributed by atoms with E-state index >= 15 is 0 Å². The van der Waals surface area contributed by atoms with Crippen LogP contribution in [0.3, 0.4) is 0 Å². The van der Waals surface area contributed by atoms with E-state index in [1.54, 1.807) is 19.2 Å². The number of carbonyl (C=O) groups is 1. The van der Waals surface area contributed by atoms with Gasteiger partial charge in [-0.15, -0.1) is 24.0 Å². The second-order valence-electron chi connectivity index (χ2n) is 6.02. The van der Waals surface area contributed by atoms with E-state index in [9.17, 15) is 9.18 Å². The zero-order valence-corrected chi connectivity index (χ0v) is 17.8. The number of hydrogen-bond donors (Lipinski definition) is 2. The lowest BCUT2D eigenvalue weighted by Gasteiger charge is -2.36. The van der Waals surface area contributed by atoms with Crippen LogP contribution in [0.1, 0.15) is 19.8 Å². The molecule has 1 aliphatic heterocycles. The molecule has 8 heteroatoms. The van der Waals surface area contributed by atoms with E-state index in [-0.39, 0.29) is 35.7 Å². The average molecular weight is 477 g/mol. The average Bonchev–Trinajstić information content (AvgIpc) is 2.65. The number of halogens is 2. The van der Waals surface area contributed by atoms with Gasteiger partial charge in [-0.05, 0) is 30.7 Å². The summed E-state index contributed by atoms with van der Waals surface area (Å²) in [7, 11) is 1.72. The highest BCUT2D eigenvalue weighted by Gasteiger charge is 2.21. The van der Waals surface area contributed by atoms with Crippen molar-refractivity contribution < 1.29 is 9.18 Å². The lowest BCUT2D eigenvalue weighted by molar-refractivity contribution is -0.131. The Morgan fingerprint density at radius 3 is 2.31 bits per heavy atom. The summed E-state index contributed by atoms with van der Waals surface area (Å²) in [6.45, 7) is 6.45. The maximum absolute atomic E-state index is 13.0. The Kier molecular flexibility index (Phi) is 10.3. The van der Waals surface area contributed by atoms with E-state index in [2.05, 4.69) is 27.4 Å². The van der Waals surface area contributed by atoms with Crippen LogP contribution in [0.5, 0.6) is 0 Å². The monoisotopic (exact) mass is 477 g/mol. The molecule has 1 heterocycles. The van der Waals surface area contributed by atoms with Crippen LogP contribution in [0, 0.1) is 5.82 Å². The number of rotatable bonds is 6. The highest BCUT2D eigenvalue weighted by Crippen LogP contribution is 2.17. The molecule has 0 saturated carbocycles. The van der Waals surface area contributed by atoms with Crippen molar-refractivity contribution in [2.24, 2.45) is 4.99 Å². The molecule has 0 unspecified atom stereocenters. The van der Waals surface area contributed by atoms with Crippen LogP contribution < -0.4 is 15.5 Å². The van der Waals surface area contributed by atoms with Crippen molar-refractivity contribution in [3.8, 4) is 0 Å². The Morgan fingerprint density at radius 2 is 1.73 bits per heavy atom. The molecule has 0 aromatic heterocycles. The fourth-order valence-electron chi connectivity index (χ4n) is 2.78. The molecule has 0 atom stereocenters. The van der Waals surface area contributed by atoms with E-state index in [0.717, 1.165) is 37.7 Å². The summed E-state index contributed by atoms with van der Waals surface area (Å²) >= 11 is 0. The molecule has 1 aromatic carbocycles. The normalized spacial score (nSPS) is 14.7. The molecule has 146 valence electrons. The van der Waals surface area contributed by atoms with E-state index < -0.39 is 0 Å². The summed E-state index contributed by atoms with van der Waals surface area (Å²) in [4.78, 5) is 20.5. The number of piperazine rings is 1. The van der Waals surface area contributed by atoms with Crippen molar-refractivity contribution in [2.75, 3.05) is 51.2 Å². The third-order valence-corrected chi connectivity index (χ3v) is 4.22. The molecule has 6 nitrogen and oxygen atoms in total. The Morgan fingerprint density at radius 1 is 1.12 bits per heavy atom. The van der Waals surface area contributed by atoms with Crippen molar-refractivity contribution in [3.05, 3.63) is 30.1 Å². The first kappa shape index (κ1) is 22.5. The maximum atomic E-state index is 13.0. The van der Waals surface area contributed by atoms with Gasteiger partial charge in [0, 0.05) is 58.4 Å². The van der Waals surface area contributed by atoms with E-state index in [4.69, 9.17) is 0 Å². The number of benzene rings is 1. The molecule has 0 bridgehead atoms. The highest BCUT2D eigenvalue weighted by molar-refractivity contribution is 14.0. The first-order valence-corrected chi connectivity index (χ1v) is 8.87. The summed E-state index contributed by atoms with van der Waals surface area (Å²) < 4.78 is 13.0. The summed E-state index contributed by atoms with van der Waals surface area (Å²) in [6.07, 6.45) is 1.47. The van der Waals surface area contributed by atoms with E-state index in [1.807, 2.05) is 4.90 Å². The van der Waals surface area contributed by atoms with Crippen molar-refractivity contribution in [3.63, 3.8) is 0 Å². The minimum absolute atomic E-state index is 0. The molecule has 1 aromatic rings. The predicted octanol–water partition coefficient (Wildman–Crippen LogP) is 2.06. The van der Waals surface area contributed by atoms with Crippen molar-refractivity contribution >= 4 is 41.5 Å². The smallest absolute Gasteiger partial charge is 0.224 e. The lowest BCUT2D eigenvalue weighted by atomic mass is 10.2. The Bertz CT molecular complexity index is 573. The van der Waals surface area contributed by atoms with Gasteiger partial charge < -0.3 is 20.4 Å². The van der Waals surface area contributed by atoms with Gasteiger partial charge in [-0.25, -0.2) is 4.39 Å². The van der Waals surface area contributed by atoms with Crippen LogP contribution in [-0.2, 0) is 4.79 Å². The topological polar surface area (TPSA) is 60.0 Å². The fourth-order valence-corrected chi connectivity index (χ4v) is 2.78. The first-order chi connectivity index (χ1) is 12.1. The fraction of sp³-hybridized carbons (Fsp3) is 0.556. The number of hydrogen-bond acceptors (Lipinski definition) is 3. The number of guanidine groups is 1. The van der Waals surface area contributed by atoms with Gasteiger partial charge in [0.2, 0.25) is 5.91 Å². The quantitative estimate of drug-likeness (QED) is 0.374. The Balaban J connectivity index is 0.00000338. The molecule has 1 fully saturated rings. The van der Waals surface area contributed by atoms with Crippen LogP contribution in [0.2, 0.25) is 0 Å². The molecule has 1 amide bonds. The van der Waals surface area contributed by atoms with Gasteiger partial charge in [-0.2, -0.15) is 0 Å². The van der Waals surface area contributed by atoms with Crippen molar-refractivity contribution in [2.45, 2.75) is 19.8 Å². The van der Waals surface area contributed by atoms with Crippen LogP contribution in [-0.4, -0.2) is 63.1 Å². The Labute approximate surface area is 172 Å².